The molecule has 1 saturated heterocycles. The summed E-state index contributed by atoms with van der Waals surface area (Å²) in [7, 11) is 0. The number of fused-ring (bicyclic) bond motifs is 1. The van der Waals surface area contributed by atoms with Gasteiger partial charge in [-0.15, -0.1) is 6.58 Å². The molecule has 3 rings (SSSR count). The molecule has 5 atom stereocenters. The molecule has 0 aromatic carbocycles. The molecule has 0 radical (unpaired) electrons. The van der Waals surface area contributed by atoms with Gasteiger partial charge in [-0.25, -0.2) is 13.6 Å². The van der Waals surface area contributed by atoms with Gasteiger partial charge in [-0.3, -0.25) is 24.0 Å². The van der Waals surface area contributed by atoms with Gasteiger partial charge in [0, 0.05) is 25.9 Å². The summed E-state index contributed by atoms with van der Waals surface area (Å²) in [4.78, 5) is 80.6. The first-order chi connectivity index (χ1) is 22.5. The van der Waals surface area contributed by atoms with Gasteiger partial charge < -0.3 is 30.3 Å². The van der Waals surface area contributed by atoms with Gasteiger partial charge in [0.25, 0.3) is 5.91 Å². The van der Waals surface area contributed by atoms with Crippen LogP contribution in [0.1, 0.15) is 100 Å². The van der Waals surface area contributed by atoms with E-state index in [1.165, 1.54) is 4.90 Å². The van der Waals surface area contributed by atoms with Gasteiger partial charge in [-0.05, 0) is 90.4 Å². The number of ether oxygens (including phenoxy) is 2. The summed E-state index contributed by atoms with van der Waals surface area (Å²) in [5, 5.41) is 7.72. The van der Waals surface area contributed by atoms with Crippen LogP contribution in [0.3, 0.4) is 0 Å². The van der Waals surface area contributed by atoms with Crippen molar-refractivity contribution in [2.24, 2.45) is 23.2 Å². The van der Waals surface area contributed by atoms with Gasteiger partial charge in [-0.2, -0.15) is 0 Å². The molecule has 0 aromatic heterocycles. The molecule has 12 nitrogen and oxygen atoms in total. The molecule has 0 spiro atoms. The number of likely N-dealkylation sites (tertiary alicyclic amines) is 1. The zero-order chi connectivity index (χ0) is 37.1. The summed E-state index contributed by atoms with van der Waals surface area (Å²) in [5.74, 6) is -7.49. The highest BCUT2D eigenvalue weighted by Gasteiger charge is 2.70. The maximum absolute atomic E-state index is 14.3. The molecule has 5 unspecified atom stereocenters. The Labute approximate surface area is 287 Å². The molecule has 2 aliphatic carbocycles. The third kappa shape index (κ3) is 10.7. The molecule has 1 heterocycles. The average molecular weight is 697 g/mol. The highest BCUT2D eigenvalue weighted by Crippen LogP contribution is 2.65. The second-order valence-electron chi connectivity index (χ2n) is 16.1. The van der Waals surface area contributed by atoms with Crippen LogP contribution < -0.4 is 16.0 Å². The highest BCUT2D eigenvalue weighted by atomic mass is 19.3. The molecule has 276 valence electrons. The van der Waals surface area contributed by atoms with Crippen molar-refractivity contribution in [3.63, 3.8) is 0 Å². The van der Waals surface area contributed by atoms with Gasteiger partial charge in [0.1, 0.15) is 23.3 Å². The van der Waals surface area contributed by atoms with Gasteiger partial charge in [0.05, 0.1) is 12.5 Å². The molecule has 0 aromatic rings. The predicted molar refractivity (Wildman–Crippen MR) is 176 cm³/mol. The van der Waals surface area contributed by atoms with E-state index in [9.17, 15) is 37.5 Å². The quantitative estimate of drug-likeness (QED) is 0.148. The number of nitrogens with zero attached hydrogens (tertiary/aromatic N) is 1. The van der Waals surface area contributed by atoms with E-state index >= 15 is 0 Å². The molecule has 1 aliphatic heterocycles. The van der Waals surface area contributed by atoms with Gasteiger partial charge in [0.15, 0.2) is 0 Å². The number of allylic oxidation sites excluding steroid dienone is 1. The van der Waals surface area contributed by atoms with Crippen LogP contribution in [0.4, 0.5) is 13.6 Å². The second kappa shape index (κ2) is 15.1. The van der Waals surface area contributed by atoms with E-state index in [0.29, 0.717) is 6.42 Å². The monoisotopic (exact) mass is 696 g/mol. The van der Waals surface area contributed by atoms with E-state index in [2.05, 4.69) is 22.5 Å². The first-order valence-electron chi connectivity index (χ1n) is 17.1. The number of hydrogen-bond acceptors (Lipinski definition) is 8. The summed E-state index contributed by atoms with van der Waals surface area (Å²) >= 11 is 0. The topological polar surface area (TPSA) is 160 Å². The number of amides is 4. The van der Waals surface area contributed by atoms with Crippen molar-refractivity contribution in [1.29, 1.82) is 0 Å². The Morgan fingerprint density at radius 3 is 2.10 bits per heavy atom. The number of carbonyl (C=O) groups is 6. The van der Waals surface area contributed by atoms with Gasteiger partial charge in [0.2, 0.25) is 23.5 Å². The van der Waals surface area contributed by atoms with Crippen LogP contribution in [0.15, 0.2) is 12.7 Å². The Bertz CT molecular complexity index is 1300. The number of rotatable bonds is 13. The number of nitrogens with one attached hydrogen (secondary N) is 3. The summed E-state index contributed by atoms with van der Waals surface area (Å²) in [6.07, 6.45) is -0.0351. The van der Waals surface area contributed by atoms with Crippen molar-refractivity contribution in [3.05, 3.63) is 12.7 Å². The van der Waals surface area contributed by atoms with Crippen molar-refractivity contribution in [1.82, 2.24) is 20.9 Å². The van der Waals surface area contributed by atoms with Crippen LogP contribution in [-0.2, 0) is 33.4 Å². The van der Waals surface area contributed by atoms with Crippen molar-refractivity contribution in [2.75, 3.05) is 13.1 Å². The lowest BCUT2D eigenvalue weighted by atomic mass is 9.81. The normalized spacial score (nSPS) is 24.0. The highest BCUT2D eigenvalue weighted by molar-refractivity contribution is 6.38. The zero-order valence-corrected chi connectivity index (χ0v) is 30.1. The first kappa shape index (κ1) is 39.9. The Balaban J connectivity index is 1.80. The van der Waals surface area contributed by atoms with Crippen molar-refractivity contribution >= 4 is 35.6 Å². The summed E-state index contributed by atoms with van der Waals surface area (Å²) in [6.45, 7) is 17.8. The SMILES string of the molecule is C=CCCC(NC(=O)C1C2C(CN1C(=O)C(NC(=O)OC(C)(C)C)C1CCC(F)(F)CC1)C2(C)C)C(=O)C(=O)NCCC(=O)OC(C)(C)C. The predicted octanol–water partition coefficient (Wildman–Crippen LogP) is 4.06. The first-order valence-corrected chi connectivity index (χ1v) is 17.1. The van der Waals surface area contributed by atoms with E-state index in [1.54, 1.807) is 47.6 Å². The fraction of sp³-hybridized carbons (Fsp3) is 0.771. The van der Waals surface area contributed by atoms with Crippen molar-refractivity contribution in [3.8, 4) is 0 Å². The third-order valence-corrected chi connectivity index (χ3v) is 9.48. The van der Waals surface area contributed by atoms with Gasteiger partial charge in [-0.1, -0.05) is 19.9 Å². The Morgan fingerprint density at radius 1 is 0.959 bits per heavy atom. The lowest BCUT2D eigenvalue weighted by Gasteiger charge is -2.38. The third-order valence-electron chi connectivity index (χ3n) is 9.48. The second-order valence-corrected chi connectivity index (χ2v) is 16.1. The van der Waals surface area contributed by atoms with Gasteiger partial charge >= 0.3 is 12.1 Å². The number of ketones is 1. The zero-order valence-electron chi connectivity index (χ0n) is 30.1. The molecule has 3 N–H and O–H groups in total. The smallest absolute Gasteiger partial charge is 0.408 e. The van der Waals surface area contributed by atoms with Crippen LogP contribution in [0.2, 0.25) is 0 Å². The standard InChI is InChI=1S/C35H54F2N4O8/c1-10-11-12-22(27(43)29(45)38-18-15-23(42)48-32(2,3)4)39-28(44)26-24-21(34(24,8)9)19-41(26)30(46)25(40-31(47)49-33(5,6)7)20-13-16-35(36,37)17-14-20/h10,20-22,24-26H,1,11-19H2,2-9H3,(H,38,45)(H,39,44)(H,40,47). The number of alkyl halides is 2. The number of esters is 1. The summed E-state index contributed by atoms with van der Waals surface area (Å²) < 4.78 is 38.8. The minimum absolute atomic E-state index is 0.0105. The largest absolute Gasteiger partial charge is 0.460 e. The van der Waals surface area contributed by atoms with E-state index in [4.69, 9.17) is 9.47 Å². The lowest BCUT2D eigenvalue weighted by molar-refractivity contribution is -0.154. The minimum atomic E-state index is -2.87. The molecule has 49 heavy (non-hydrogen) atoms. The number of carbonyl (C=O) groups excluding carboxylic acids is 6. The van der Waals surface area contributed by atoms with Crippen molar-refractivity contribution in [2.45, 2.75) is 136 Å². The minimum Gasteiger partial charge on any atom is -0.460 e. The molecule has 14 heteroatoms. The summed E-state index contributed by atoms with van der Waals surface area (Å²) in [6, 6.07) is -3.49. The fourth-order valence-electron chi connectivity index (χ4n) is 6.93. The fourth-order valence-corrected chi connectivity index (χ4v) is 6.93. The Kier molecular flexibility index (Phi) is 12.3. The van der Waals surface area contributed by atoms with E-state index < -0.39 is 89.6 Å². The Hall–Kier alpha value is -3.58. The van der Waals surface area contributed by atoms with E-state index in [1.807, 2.05) is 13.8 Å². The van der Waals surface area contributed by atoms with Crippen molar-refractivity contribution < 1.29 is 47.0 Å². The molecule has 2 saturated carbocycles. The molecule has 0 bridgehead atoms. The summed E-state index contributed by atoms with van der Waals surface area (Å²) in [5.41, 5.74) is -1.90. The number of alkyl carbamates (subject to hydrolysis) is 1. The molecule has 3 fully saturated rings. The molecule has 3 aliphatic rings. The number of piperidine rings is 1. The number of Topliss-reactive ketones (excluding diaryl/α,β-unsaturated/α-hetero) is 1. The van der Waals surface area contributed by atoms with Crippen LogP contribution in [-0.4, -0.2) is 88.8 Å². The maximum atomic E-state index is 14.3. The average Bonchev–Trinajstić information content (AvgIpc) is 3.27. The number of hydrogen-bond donors (Lipinski definition) is 3. The number of halogens is 2. The lowest BCUT2D eigenvalue weighted by Crippen LogP contribution is -2.60. The van der Waals surface area contributed by atoms with E-state index in [0.717, 1.165) is 0 Å². The van der Waals surface area contributed by atoms with Crippen LogP contribution in [0.25, 0.3) is 0 Å². The Morgan fingerprint density at radius 2 is 1.55 bits per heavy atom. The molecular formula is C35H54F2N4O8. The van der Waals surface area contributed by atoms with Crippen LogP contribution in [0, 0.1) is 23.2 Å². The molecular weight excluding hydrogens is 642 g/mol. The van der Waals surface area contributed by atoms with Crippen LogP contribution >= 0.6 is 0 Å². The van der Waals surface area contributed by atoms with Crippen LogP contribution in [0.5, 0.6) is 0 Å². The maximum Gasteiger partial charge on any atom is 0.408 e. The molecule has 4 amide bonds. The van der Waals surface area contributed by atoms with E-state index in [-0.39, 0.29) is 56.0 Å².